The van der Waals surface area contributed by atoms with Crippen molar-refractivity contribution in [1.29, 1.82) is 0 Å². The highest BCUT2D eigenvalue weighted by Crippen LogP contribution is 2.33. The Morgan fingerprint density at radius 3 is 3.08 bits per heavy atom. The SMILES string of the molecule is Cc1nc([C@H]2CCOC2)c2c(N3CCc4nn(C)cc4C3)ncnn12. The second-order valence-electron chi connectivity index (χ2n) is 6.90. The van der Waals surface area contributed by atoms with Gasteiger partial charge in [-0.3, -0.25) is 4.68 Å². The van der Waals surface area contributed by atoms with Crippen molar-refractivity contribution in [3.63, 3.8) is 0 Å². The van der Waals surface area contributed by atoms with Crippen LogP contribution in [0.15, 0.2) is 12.5 Å². The molecule has 1 fully saturated rings. The lowest BCUT2D eigenvalue weighted by molar-refractivity contribution is 0.193. The third-order valence-corrected chi connectivity index (χ3v) is 5.19. The van der Waals surface area contributed by atoms with E-state index in [0.29, 0.717) is 5.92 Å². The Morgan fingerprint density at radius 1 is 1.32 bits per heavy atom. The quantitative estimate of drug-likeness (QED) is 0.699. The summed E-state index contributed by atoms with van der Waals surface area (Å²) in [7, 11) is 1.98. The summed E-state index contributed by atoms with van der Waals surface area (Å²) < 4.78 is 9.41. The number of aryl methyl sites for hydroxylation is 2. The van der Waals surface area contributed by atoms with E-state index in [0.717, 1.165) is 62.0 Å². The smallest absolute Gasteiger partial charge is 0.158 e. The largest absolute Gasteiger partial charge is 0.381 e. The summed E-state index contributed by atoms with van der Waals surface area (Å²) in [4.78, 5) is 11.8. The molecule has 0 unspecified atom stereocenters. The molecular formula is C17H21N7O. The van der Waals surface area contributed by atoms with Crippen molar-refractivity contribution in [2.45, 2.75) is 32.2 Å². The second kappa shape index (κ2) is 5.52. The molecule has 1 atom stereocenters. The number of hydrogen-bond acceptors (Lipinski definition) is 6. The Kier molecular flexibility index (Phi) is 3.27. The summed E-state index contributed by atoms with van der Waals surface area (Å²) in [5.41, 5.74) is 4.57. The van der Waals surface area contributed by atoms with Crippen LogP contribution in [0.4, 0.5) is 5.82 Å². The molecule has 130 valence electrons. The molecule has 8 nitrogen and oxygen atoms in total. The second-order valence-corrected chi connectivity index (χ2v) is 6.90. The zero-order chi connectivity index (χ0) is 17.0. The Hall–Kier alpha value is -2.48. The highest BCUT2D eigenvalue weighted by molar-refractivity contribution is 5.73. The van der Waals surface area contributed by atoms with Crippen molar-refractivity contribution in [3.8, 4) is 0 Å². The van der Waals surface area contributed by atoms with Crippen LogP contribution >= 0.6 is 0 Å². The lowest BCUT2D eigenvalue weighted by atomic mass is 10.0. The van der Waals surface area contributed by atoms with E-state index in [1.807, 2.05) is 23.2 Å². The Morgan fingerprint density at radius 2 is 2.24 bits per heavy atom. The maximum Gasteiger partial charge on any atom is 0.158 e. The predicted octanol–water partition coefficient (Wildman–Crippen LogP) is 1.23. The zero-order valence-electron chi connectivity index (χ0n) is 14.5. The van der Waals surface area contributed by atoms with E-state index >= 15 is 0 Å². The molecule has 1 saturated heterocycles. The van der Waals surface area contributed by atoms with Crippen molar-refractivity contribution in [3.05, 3.63) is 35.3 Å². The van der Waals surface area contributed by atoms with Crippen LogP contribution in [0.3, 0.4) is 0 Å². The third kappa shape index (κ3) is 2.31. The molecule has 25 heavy (non-hydrogen) atoms. The van der Waals surface area contributed by atoms with Gasteiger partial charge in [-0.05, 0) is 13.3 Å². The van der Waals surface area contributed by atoms with Gasteiger partial charge in [-0.25, -0.2) is 14.5 Å². The molecule has 5 rings (SSSR count). The highest BCUT2D eigenvalue weighted by Gasteiger charge is 2.29. The van der Waals surface area contributed by atoms with Crippen LogP contribution in [0.1, 0.15) is 35.1 Å². The first-order valence-electron chi connectivity index (χ1n) is 8.75. The summed E-state index contributed by atoms with van der Waals surface area (Å²) in [5, 5.41) is 8.99. The molecule has 0 bridgehead atoms. The van der Waals surface area contributed by atoms with Gasteiger partial charge in [0.2, 0.25) is 0 Å². The van der Waals surface area contributed by atoms with Crippen LogP contribution in [-0.2, 0) is 24.8 Å². The predicted molar refractivity (Wildman–Crippen MR) is 91.7 cm³/mol. The van der Waals surface area contributed by atoms with Crippen LogP contribution < -0.4 is 4.90 Å². The first kappa shape index (κ1) is 14.8. The van der Waals surface area contributed by atoms with Crippen molar-refractivity contribution in [1.82, 2.24) is 29.4 Å². The Bertz CT molecular complexity index is 938. The normalized spacial score (nSPS) is 20.4. The molecule has 2 aliphatic heterocycles. The number of rotatable bonds is 2. The molecule has 0 amide bonds. The summed E-state index contributed by atoms with van der Waals surface area (Å²) in [6.07, 6.45) is 5.67. The summed E-state index contributed by atoms with van der Waals surface area (Å²) in [5.74, 6) is 2.19. The molecule has 3 aromatic heterocycles. The van der Waals surface area contributed by atoms with Gasteiger partial charge < -0.3 is 9.64 Å². The number of ether oxygens (including phenoxy) is 1. The van der Waals surface area contributed by atoms with Gasteiger partial charge in [-0.1, -0.05) is 0 Å². The van der Waals surface area contributed by atoms with Gasteiger partial charge in [-0.2, -0.15) is 10.2 Å². The van der Waals surface area contributed by atoms with Crippen molar-refractivity contribution < 1.29 is 4.74 Å². The summed E-state index contributed by atoms with van der Waals surface area (Å²) in [6, 6.07) is 0. The minimum absolute atomic E-state index is 0.326. The van der Waals surface area contributed by atoms with E-state index in [-0.39, 0.29) is 0 Å². The number of hydrogen-bond donors (Lipinski definition) is 0. The summed E-state index contributed by atoms with van der Waals surface area (Å²) in [6.45, 7) is 5.25. The minimum atomic E-state index is 0.326. The molecule has 0 spiro atoms. The molecule has 2 aliphatic rings. The first-order chi connectivity index (χ1) is 12.2. The van der Waals surface area contributed by atoms with E-state index in [1.54, 1.807) is 6.33 Å². The average molecular weight is 339 g/mol. The van der Waals surface area contributed by atoms with Gasteiger partial charge in [0.1, 0.15) is 17.7 Å². The lowest BCUT2D eigenvalue weighted by Gasteiger charge is -2.27. The molecule has 5 heterocycles. The van der Waals surface area contributed by atoms with E-state index < -0.39 is 0 Å². The molecule has 0 saturated carbocycles. The zero-order valence-corrected chi connectivity index (χ0v) is 14.5. The number of aromatic nitrogens is 6. The Balaban J connectivity index is 1.61. The Labute approximate surface area is 145 Å². The molecular weight excluding hydrogens is 318 g/mol. The monoisotopic (exact) mass is 339 g/mol. The molecule has 8 heteroatoms. The van der Waals surface area contributed by atoms with Gasteiger partial charge in [0.05, 0.1) is 18.0 Å². The fourth-order valence-electron chi connectivity index (χ4n) is 3.99. The first-order valence-corrected chi connectivity index (χ1v) is 8.75. The molecule has 3 aromatic rings. The van der Waals surface area contributed by atoms with E-state index in [9.17, 15) is 0 Å². The maximum atomic E-state index is 5.59. The number of fused-ring (bicyclic) bond motifs is 2. The maximum absolute atomic E-state index is 5.59. The standard InChI is InChI=1S/C17H21N7O/c1-11-20-15(12-4-6-25-9-12)16-17(18-10-19-24(11)16)23-5-3-14-13(8-23)7-22(2)21-14/h7,10,12H,3-6,8-9H2,1-2H3/t12-/m0/s1. The minimum Gasteiger partial charge on any atom is -0.381 e. The van der Waals surface area contributed by atoms with Crippen LogP contribution in [0.2, 0.25) is 0 Å². The van der Waals surface area contributed by atoms with E-state index in [4.69, 9.17) is 9.72 Å². The van der Waals surface area contributed by atoms with Crippen LogP contribution in [-0.4, -0.2) is 49.1 Å². The molecule has 0 N–H and O–H groups in total. The lowest BCUT2D eigenvalue weighted by Crippen LogP contribution is -2.31. The van der Waals surface area contributed by atoms with E-state index in [1.165, 1.54) is 11.3 Å². The number of anilines is 1. The number of imidazole rings is 1. The topological polar surface area (TPSA) is 73.4 Å². The van der Waals surface area contributed by atoms with Crippen molar-refractivity contribution in [2.24, 2.45) is 7.05 Å². The van der Waals surface area contributed by atoms with Gasteiger partial charge in [-0.15, -0.1) is 0 Å². The van der Waals surface area contributed by atoms with Gasteiger partial charge in [0.15, 0.2) is 5.82 Å². The van der Waals surface area contributed by atoms with Gasteiger partial charge in [0.25, 0.3) is 0 Å². The van der Waals surface area contributed by atoms with E-state index in [2.05, 4.69) is 26.3 Å². The highest BCUT2D eigenvalue weighted by atomic mass is 16.5. The summed E-state index contributed by atoms with van der Waals surface area (Å²) >= 11 is 0. The third-order valence-electron chi connectivity index (χ3n) is 5.19. The van der Waals surface area contributed by atoms with Gasteiger partial charge in [0, 0.05) is 50.8 Å². The fourth-order valence-corrected chi connectivity index (χ4v) is 3.99. The number of nitrogens with zero attached hydrogens (tertiary/aromatic N) is 7. The van der Waals surface area contributed by atoms with Crippen LogP contribution in [0, 0.1) is 6.92 Å². The molecule has 0 aliphatic carbocycles. The fraction of sp³-hybridized carbons (Fsp3) is 0.529. The van der Waals surface area contributed by atoms with Crippen molar-refractivity contribution in [2.75, 3.05) is 24.7 Å². The van der Waals surface area contributed by atoms with Crippen molar-refractivity contribution >= 4 is 11.3 Å². The van der Waals surface area contributed by atoms with Crippen LogP contribution in [0.25, 0.3) is 5.52 Å². The average Bonchev–Trinajstić information content (AvgIpc) is 3.32. The molecule has 0 aromatic carbocycles. The van der Waals surface area contributed by atoms with Crippen LogP contribution in [0.5, 0.6) is 0 Å². The molecule has 0 radical (unpaired) electrons. The van der Waals surface area contributed by atoms with Gasteiger partial charge >= 0.3 is 0 Å².